The van der Waals surface area contributed by atoms with Crippen molar-refractivity contribution in [3.05, 3.63) is 35.9 Å². The minimum absolute atomic E-state index is 0.0832. The molecule has 0 radical (unpaired) electrons. The molecule has 1 N–H and O–H groups in total. The van der Waals surface area contributed by atoms with E-state index in [1.165, 1.54) is 0 Å². The topological polar surface area (TPSA) is 49.4 Å². The molecular weight excluding hydrogens is 216 g/mol. The van der Waals surface area contributed by atoms with Gasteiger partial charge in [0, 0.05) is 19.5 Å². The fourth-order valence-corrected chi connectivity index (χ4v) is 1.90. The molecule has 1 aromatic carbocycles. The van der Waals surface area contributed by atoms with Crippen LogP contribution in [0.4, 0.5) is 0 Å². The third kappa shape index (κ3) is 3.31. The second-order valence-electron chi connectivity index (χ2n) is 4.18. The lowest BCUT2D eigenvalue weighted by atomic mass is 10.2. The molecular formula is C13H16N2O2. The highest BCUT2D eigenvalue weighted by molar-refractivity contribution is 5.85. The summed E-state index contributed by atoms with van der Waals surface area (Å²) in [5, 5.41) is 2.81. The van der Waals surface area contributed by atoms with E-state index in [4.69, 9.17) is 0 Å². The zero-order valence-electron chi connectivity index (χ0n) is 9.69. The van der Waals surface area contributed by atoms with Crippen molar-refractivity contribution in [2.45, 2.75) is 19.4 Å². The molecule has 1 aromatic rings. The van der Waals surface area contributed by atoms with Gasteiger partial charge in [-0.3, -0.25) is 9.59 Å². The maximum Gasteiger partial charge on any atom is 0.239 e. The SMILES string of the molecule is O=C(CN1CCCC1=O)NCc1ccccc1. The Bertz CT molecular complexity index is 403. The first-order valence-electron chi connectivity index (χ1n) is 5.84. The highest BCUT2D eigenvalue weighted by Gasteiger charge is 2.21. The molecule has 0 saturated carbocycles. The lowest BCUT2D eigenvalue weighted by molar-refractivity contribution is -0.133. The molecule has 90 valence electrons. The third-order valence-electron chi connectivity index (χ3n) is 2.84. The molecule has 1 aliphatic heterocycles. The van der Waals surface area contributed by atoms with Crippen LogP contribution in [0.15, 0.2) is 30.3 Å². The summed E-state index contributed by atoms with van der Waals surface area (Å²) in [7, 11) is 0. The van der Waals surface area contributed by atoms with Crippen LogP contribution in [0.1, 0.15) is 18.4 Å². The number of carbonyl (C=O) groups excluding carboxylic acids is 2. The van der Waals surface area contributed by atoms with Gasteiger partial charge in [0.15, 0.2) is 0 Å². The summed E-state index contributed by atoms with van der Waals surface area (Å²) < 4.78 is 0. The maximum atomic E-state index is 11.6. The van der Waals surface area contributed by atoms with Crippen molar-refractivity contribution in [3.8, 4) is 0 Å². The van der Waals surface area contributed by atoms with Crippen molar-refractivity contribution < 1.29 is 9.59 Å². The monoisotopic (exact) mass is 232 g/mol. The van der Waals surface area contributed by atoms with Crippen LogP contribution in [0.2, 0.25) is 0 Å². The van der Waals surface area contributed by atoms with Crippen LogP contribution in [0, 0.1) is 0 Å². The Morgan fingerprint density at radius 3 is 2.71 bits per heavy atom. The number of amides is 2. The minimum atomic E-state index is -0.0934. The number of nitrogens with zero attached hydrogens (tertiary/aromatic N) is 1. The third-order valence-corrected chi connectivity index (χ3v) is 2.84. The maximum absolute atomic E-state index is 11.6. The van der Waals surface area contributed by atoms with Crippen LogP contribution in [0.3, 0.4) is 0 Å². The predicted molar refractivity (Wildman–Crippen MR) is 64.1 cm³/mol. The molecule has 1 heterocycles. The summed E-state index contributed by atoms with van der Waals surface area (Å²) >= 11 is 0. The van der Waals surface area contributed by atoms with E-state index in [9.17, 15) is 9.59 Å². The van der Waals surface area contributed by atoms with Crippen molar-refractivity contribution in [2.24, 2.45) is 0 Å². The summed E-state index contributed by atoms with van der Waals surface area (Å²) in [4.78, 5) is 24.6. The fourth-order valence-electron chi connectivity index (χ4n) is 1.90. The van der Waals surface area contributed by atoms with Gasteiger partial charge in [-0.15, -0.1) is 0 Å². The Balaban J connectivity index is 1.76. The Morgan fingerprint density at radius 2 is 2.06 bits per heavy atom. The van der Waals surface area contributed by atoms with Crippen LogP contribution in [0.5, 0.6) is 0 Å². The van der Waals surface area contributed by atoms with Gasteiger partial charge in [-0.05, 0) is 12.0 Å². The molecule has 2 amide bonds. The Morgan fingerprint density at radius 1 is 1.29 bits per heavy atom. The number of nitrogens with one attached hydrogen (secondary N) is 1. The van der Waals surface area contributed by atoms with Crippen LogP contribution in [-0.2, 0) is 16.1 Å². The van der Waals surface area contributed by atoms with E-state index in [1.807, 2.05) is 30.3 Å². The molecule has 0 unspecified atom stereocenters. The molecule has 0 aliphatic carbocycles. The molecule has 0 aromatic heterocycles. The zero-order valence-corrected chi connectivity index (χ0v) is 9.69. The zero-order chi connectivity index (χ0) is 12.1. The normalized spacial score (nSPS) is 15.1. The smallest absolute Gasteiger partial charge is 0.239 e. The van der Waals surface area contributed by atoms with E-state index in [2.05, 4.69) is 5.32 Å². The first kappa shape index (κ1) is 11.6. The standard InChI is InChI=1S/C13H16N2O2/c16-12(10-15-8-4-7-13(15)17)14-9-11-5-2-1-3-6-11/h1-3,5-6H,4,7-10H2,(H,14,16). The van der Waals surface area contributed by atoms with Crippen molar-refractivity contribution in [1.82, 2.24) is 10.2 Å². The van der Waals surface area contributed by atoms with Gasteiger partial charge in [0.2, 0.25) is 11.8 Å². The van der Waals surface area contributed by atoms with E-state index in [0.29, 0.717) is 19.5 Å². The first-order chi connectivity index (χ1) is 8.25. The van der Waals surface area contributed by atoms with Crippen molar-refractivity contribution in [2.75, 3.05) is 13.1 Å². The number of hydrogen-bond acceptors (Lipinski definition) is 2. The molecule has 0 bridgehead atoms. The van der Waals surface area contributed by atoms with Gasteiger partial charge in [0.1, 0.15) is 0 Å². The van der Waals surface area contributed by atoms with Gasteiger partial charge in [-0.1, -0.05) is 30.3 Å². The Kier molecular flexibility index (Phi) is 3.75. The van der Waals surface area contributed by atoms with Gasteiger partial charge in [0.25, 0.3) is 0 Å². The van der Waals surface area contributed by atoms with E-state index in [1.54, 1.807) is 4.90 Å². The van der Waals surface area contributed by atoms with E-state index in [-0.39, 0.29) is 18.4 Å². The van der Waals surface area contributed by atoms with Crippen LogP contribution in [-0.4, -0.2) is 29.8 Å². The molecule has 4 nitrogen and oxygen atoms in total. The number of hydrogen-bond donors (Lipinski definition) is 1. The predicted octanol–water partition coefficient (Wildman–Crippen LogP) is 0.925. The molecule has 0 spiro atoms. The minimum Gasteiger partial charge on any atom is -0.350 e. The highest BCUT2D eigenvalue weighted by atomic mass is 16.2. The van der Waals surface area contributed by atoms with Crippen LogP contribution >= 0.6 is 0 Å². The molecule has 1 saturated heterocycles. The molecule has 0 atom stereocenters. The van der Waals surface area contributed by atoms with E-state index >= 15 is 0 Å². The fraction of sp³-hybridized carbons (Fsp3) is 0.385. The van der Waals surface area contributed by atoms with E-state index in [0.717, 1.165) is 12.0 Å². The van der Waals surface area contributed by atoms with Crippen molar-refractivity contribution >= 4 is 11.8 Å². The van der Waals surface area contributed by atoms with Gasteiger partial charge in [-0.2, -0.15) is 0 Å². The summed E-state index contributed by atoms with van der Waals surface area (Å²) in [6, 6.07) is 9.73. The highest BCUT2D eigenvalue weighted by Crippen LogP contribution is 2.08. The van der Waals surface area contributed by atoms with Crippen LogP contribution < -0.4 is 5.32 Å². The lowest BCUT2D eigenvalue weighted by Crippen LogP contribution is -2.37. The Hall–Kier alpha value is -1.84. The van der Waals surface area contributed by atoms with Crippen LogP contribution in [0.25, 0.3) is 0 Å². The van der Waals surface area contributed by atoms with Gasteiger partial charge in [0.05, 0.1) is 6.54 Å². The quantitative estimate of drug-likeness (QED) is 0.839. The van der Waals surface area contributed by atoms with E-state index < -0.39 is 0 Å². The van der Waals surface area contributed by atoms with Crippen molar-refractivity contribution in [3.63, 3.8) is 0 Å². The molecule has 2 rings (SSSR count). The van der Waals surface area contributed by atoms with Gasteiger partial charge < -0.3 is 10.2 Å². The average molecular weight is 232 g/mol. The number of carbonyl (C=O) groups is 2. The molecule has 1 aliphatic rings. The summed E-state index contributed by atoms with van der Waals surface area (Å²) in [5.74, 6) is -0.0102. The second kappa shape index (κ2) is 5.48. The largest absolute Gasteiger partial charge is 0.350 e. The second-order valence-corrected chi connectivity index (χ2v) is 4.18. The average Bonchev–Trinajstić information content (AvgIpc) is 2.74. The number of rotatable bonds is 4. The summed E-state index contributed by atoms with van der Waals surface area (Å²) in [6.45, 7) is 1.41. The summed E-state index contributed by atoms with van der Waals surface area (Å²) in [6.07, 6.45) is 1.44. The first-order valence-corrected chi connectivity index (χ1v) is 5.84. The molecule has 1 fully saturated rings. The lowest BCUT2D eigenvalue weighted by Gasteiger charge is -2.14. The van der Waals surface area contributed by atoms with Crippen molar-refractivity contribution in [1.29, 1.82) is 0 Å². The molecule has 17 heavy (non-hydrogen) atoms. The number of likely N-dealkylation sites (tertiary alicyclic amines) is 1. The molecule has 4 heteroatoms. The Labute approximate surface area is 101 Å². The number of benzene rings is 1. The summed E-state index contributed by atoms with van der Waals surface area (Å²) in [5.41, 5.74) is 1.06. The van der Waals surface area contributed by atoms with Gasteiger partial charge >= 0.3 is 0 Å². The van der Waals surface area contributed by atoms with Gasteiger partial charge in [-0.25, -0.2) is 0 Å².